The maximum Gasteiger partial charge on any atom is 0.407 e. The van der Waals surface area contributed by atoms with Crippen LogP contribution in [0.1, 0.15) is 32.8 Å². The summed E-state index contributed by atoms with van der Waals surface area (Å²) in [6.07, 6.45) is -0.246. The molecule has 6 heteroatoms. The molecule has 0 heterocycles. The summed E-state index contributed by atoms with van der Waals surface area (Å²) in [6.45, 7) is 5.77. The average molecular weight is 308 g/mol. The van der Waals surface area contributed by atoms with Crippen molar-refractivity contribution in [2.75, 3.05) is 6.54 Å². The van der Waals surface area contributed by atoms with Gasteiger partial charge in [-0.1, -0.05) is 30.3 Å². The van der Waals surface area contributed by atoms with E-state index in [1.54, 1.807) is 20.8 Å². The van der Waals surface area contributed by atoms with E-state index in [2.05, 4.69) is 5.32 Å². The third-order valence-corrected chi connectivity index (χ3v) is 2.65. The molecule has 1 aromatic carbocycles. The number of carbonyl (C=O) groups is 2. The smallest absolute Gasteiger partial charge is 0.407 e. The van der Waals surface area contributed by atoms with Crippen molar-refractivity contribution < 1.29 is 19.1 Å². The normalized spacial score (nSPS) is 12.4. The van der Waals surface area contributed by atoms with Crippen molar-refractivity contribution in [1.82, 2.24) is 5.32 Å². The lowest BCUT2D eigenvalue weighted by Crippen LogP contribution is -2.38. The fraction of sp³-hybridized carbons (Fsp3) is 0.500. The number of rotatable bonds is 6. The highest BCUT2D eigenvalue weighted by Crippen LogP contribution is 2.06. The van der Waals surface area contributed by atoms with Crippen LogP contribution in [-0.2, 0) is 20.9 Å². The van der Waals surface area contributed by atoms with Crippen LogP contribution in [0.5, 0.6) is 0 Å². The van der Waals surface area contributed by atoms with Crippen molar-refractivity contribution in [2.24, 2.45) is 5.73 Å². The third kappa shape index (κ3) is 7.64. The number of hydrogen-bond donors (Lipinski definition) is 2. The summed E-state index contributed by atoms with van der Waals surface area (Å²) < 4.78 is 10.2. The summed E-state index contributed by atoms with van der Waals surface area (Å²) in [7, 11) is 0. The predicted molar refractivity (Wildman–Crippen MR) is 83.1 cm³/mol. The van der Waals surface area contributed by atoms with E-state index in [1.807, 2.05) is 30.3 Å². The highest BCUT2D eigenvalue weighted by molar-refractivity contribution is 5.75. The number of hydrogen-bond acceptors (Lipinski definition) is 5. The van der Waals surface area contributed by atoms with Gasteiger partial charge in [-0.2, -0.15) is 0 Å². The summed E-state index contributed by atoms with van der Waals surface area (Å²) >= 11 is 0. The Bertz CT molecular complexity index is 483. The average Bonchev–Trinajstić information content (AvgIpc) is 2.43. The molecule has 0 saturated heterocycles. The minimum atomic E-state index is -0.779. The molecule has 0 spiro atoms. The molecular weight excluding hydrogens is 284 g/mol. The van der Waals surface area contributed by atoms with E-state index in [0.29, 0.717) is 0 Å². The van der Waals surface area contributed by atoms with Crippen molar-refractivity contribution in [1.29, 1.82) is 0 Å². The van der Waals surface area contributed by atoms with Gasteiger partial charge in [0.2, 0.25) is 0 Å². The van der Waals surface area contributed by atoms with Gasteiger partial charge in [0.05, 0.1) is 0 Å². The van der Waals surface area contributed by atoms with Crippen LogP contribution in [0.2, 0.25) is 0 Å². The highest BCUT2D eigenvalue weighted by Gasteiger charge is 2.18. The van der Waals surface area contributed by atoms with Crippen LogP contribution >= 0.6 is 0 Å². The second kappa shape index (κ2) is 8.38. The maximum atomic E-state index is 11.7. The molecule has 0 aliphatic rings. The Morgan fingerprint density at radius 1 is 1.23 bits per heavy atom. The predicted octanol–water partition coefficient (Wildman–Crippen LogP) is 1.97. The van der Waals surface area contributed by atoms with Gasteiger partial charge < -0.3 is 20.5 Å². The summed E-state index contributed by atoms with van der Waals surface area (Å²) in [5.74, 6) is -0.491. The second-order valence-corrected chi connectivity index (χ2v) is 5.92. The quantitative estimate of drug-likeness (QED) is 0.784. The summed E-state index contributed by atoms with van der Waals surface area (Å²) in [6, 6.07) is 8.57. The number of amides is 1. The monoisotopic (exact) mass is 308 g/mol. The Labute approximate surface area is 131 Å². The molecule has 6 nitrogen and oxygen atoms in total. The van der Waals surface area contributed by atoms with Crippen molar-refractivity contribution in [2.45, 2.75) is 45.4 Å². The van der Waals surface area contributed by atoms with Crippen molar-refractivity contribution >= 4 is 12.1 Å². The van der Waals surface area contributed by atoms with Crippen LogP contribution in [0.15, 0.2) is 30.3 Å². The minimum absolute atomic E-state index is 0.187. The van der Waals surface area contributed by atoms with E-state index in [4.69, 9.17) is 15.2 Å². The Hall–Kier alpha value is -2.08. The molecule has 3 N–H and O–H groups in total. The van der Waals surface area contributed by atoms with Gasteiger partial charge in [0.25, 0.3) is 0 Å². The first-order valence-corrected chi connectivity index (χ1v) is 7.21. The summed E-state index contributed by atoms with van der Waals surface area (Å²) in [5, 5.41) is 2.55. The zero-order chi connectivity index (χ0) is 16.6. The maximum absolute atomic E-state index is 11.7. The number of nitrogens with two attached hydrogens (primary N) is 1. The number of ether oxygens (including phenoxy) is 2. The lowest BCUT2D eigenvalue weighted by molar-refractivity contribution is -0.146. The van der Waals surface area contributed by atoms with Gasteiger partial charge in [0.1, 0.15) is 18.2 Å². The van der Waals surface area contributed by atoms with Crippen molar-refractivity contribution in [3.63, 3.8) is 0 Å². The largest absolute Gasteiger partial charge is 0.460 e. The van der Waals surface area contributed by atoms with Crippen LogP contribution in [0.25, 0.3) is 0 Å². The number of carbonyl (C=O) groups excluding carboxylic acids is 2. The van der Waals surface area contributed by atoms with Gasteiger partial charge >= 0.3 is 12.1 Å². The first kappa shape index (κ1) is 18.0. The number of benzene rings is 1. The first-order chi connectivity index (χ1) is 10.3. The topological polar surface area (TPSA) is 90.6 Å². The van der Waals surface area contributed by atoms with E-state index in [-0.39, 0.29) is 19.6 Å². The molecule has 0 aliphatic carbocycles. The molecule has 0 aromatic heterocycles. The Morgan fingerprint density at radius 2 is 1.86 bits per heavy atom. The van der Waals surface area contributed by atoms with E-state index in [0.717, 1.165) is 5.56 Å². The van der Waals surface area contributed by atoms with Crippen LogP contribution in [0.4, 0.5) is 4.79 Å². The Balaban J connectivity index is 2.23. The van der Waals surface area contributed by atoms with Gasteiger partial charge in [-0.05, 0) is 32.8 Å². The number of nitrogens with one attached hydrogen (secondary N) is 1. The lowest BCUT2D eigenvalue weighted by Gasteiger charge is -2.20. The van der Waals surface area contributed by atoms with Crippen molar-refractivity contribution in [3.8, 4) is 0 Å². The second-order valence-electron chi connectivity index (χ2n) is 5.92. The number of alkyl carbamates (subject to hydrolysis) is 1. The molecule has 0 radical (unpaired) electrons. The van der Waals surface area contributed by atoms with Gasteiger partial charge in [0, 0.05) is 6.54 Å². The molecule has 122 valence electrons. The molecule has 0 bridgehead atoms. The molecular formula is C16H24N2O4. The molecule has 1 amide bonds. The molecule has 0 saturated carbocycles. The first-order valence-electron chi connectivity index (χ1n) is 7.21. The van der Waals surface area contributed by atoms with Crippen LogP contribution in [0.3, 0.4) is 0 Å². The molecule has 0 aliphatic heterocycles. The van der Waals surface area contributed by atoms with Gasteiger partial charge in [0.15, 0.2) is 0 Å². The van der Waals surface area contributed by atoms with Gasteiger partial charge in [-0.3, -0.25) is 4.79 Å². The van der Waals surface area contributed by atoms with Crippen LogP contribution < -0.4 is 11.1 Å². The standard InChI is InChI=1S/C16H24N2O4/c1-16(2,3)22-15(20)18-10-9-13(17)14(19)21-11-12-7-5-4-6-8-12/h4-8,13H,9-11,17H2,1-3H3,(H,18,20)/t13-/m0/s1. The zero-order valence-corrected chi connectivity index (χ0v) is 13.3. The lowest BCUT2D eigenvalue weighted by atomic mass is 10.2. The molecule has 0 fully saturated rings. The van der Waals surface area contributed by atoms with E-state index in [1.165, 1.54) is 0 Å². The molecule has 1 aromatic rings. The van der Waals surface area contributed by atoms with E-state index >= 15 is 0 Å². The zero-order valence-electron chi connectivity index (χ0n) is 13.3. The highest BCUT2D eigenvalue weighted by atomic mass is 16.6. The Kier molecular flexibility index (Phi) is 6.85. The molecule has 0 unspecified atom stereocenters. The SMILES string of the molecule is CC(C)(C)OC(=O)NCC[C@H](N)C(=O)OCc1ccccc1. The summed E-state index contributed by atoms with van der Waals surface area (Å²) in [5.41, 5.74) is 6.07. The van der Waals surface area contributed by atoms with E-state index in [9.17, 15) is 9.59 Å². The fourth-order valence-electron chi connectivity index (χ4n) is 1.60. The van der Waals surface area contributed by atoms with Gasteiger partial charge in [-0.25, -0.2) is 4.79 Å². The Morgan fingerprint density at radius 3 is 2.45 bits per heavy atom. The number of esters is 1. The van der Waals surface area contributed by atoms with E-state index < -0.39 is 23.7 Å². The molecule has 1 rings (SSSR count). The summed E-state index contributed by atoms with van der Waals surface area (Å²) in [4.78, 5) is 23.2. The third-order valence-electron chi connectivity index (χ3n) is 2.65. The fourth-order valence-corrected chi connectivity index (χ4v) is 1.60. The molecule has 1 atom stereocenters. The van der Waals surface area contributed by atoms with Gasteiger partial charge in [-0.15, -0.1) is 0 Å². The molecule has 22 heavy (non-hydrogen) atoms. The minimum Gasteiger partial charge on any atom is -0.460 e. The van der Waals surface area contributed by atoms with Crippen molar-refractivity contribution in [3.05, 3.63) is 35.9 Å². The van der Waals surface area contributed by atoms with Crippen LogP contribution in [-0.4, -0.2) is 30.3 Å². The van der Waals surface area contributed by atoms with Crippen LogP contribution in [0, 0.1) is 0 Å².